The molecule has 1 aromatic carbocycles. The van der Waals surface area contributed by atoms with Crippen LogP contribution < -0.4 is 9.80 Å². The summed E-state index contributed by atoms with van der Waals surface area (Å²) in [6, 6.07) is 10.3. The summed E-state index contributed by atoms with van der Waals surface area (Å²) in [4.78, 5) is 29.9. The molecule has 0 aliphatic carbocycles. The van der Waals surface area contributed by atoms with Crippen molar-refractivity contribution in [1.82, 2.24) is 4.98 Å². The Hall–Kier alpha value is -3.68. The van der Waals surface area contributed by atoms with Gasteiger partial charge < -0.3 is 19.8 Å². The summed E-state index contributed by atoms with van der Waals surface area (Å²) in [6.45, 7) is 9.72. The summed E-state index contributed by atoms with van der Waals surface area (Å²) < 4.78 is 5.88. The van der Waals surface area contributed by atoms with Gasteiger partial charge in [-0.15, -0.1) is 0 Å². The molecule has 0 aliphatic rings. The van der Waals surface area contributed by atoms with Crippen LogP contribution in [0.5, 0.6) is 0 Å². The number of pyridine rings is 1. The lowest BCUT2D eigenvalue weighted by molar-refractivity contribution is -0.389. The quantitative estimate of drug-likeness (QED) is 0.207. The predicted octanol–water partition coefficient (Wildman–Crippen LogP) is 4.55. The summed E-state index contributed by atoms with van der Waals surface area (Å²) in [6.07, 6.45) is 4.09. The lowest BCUT2D eigenvalue weighted by Gasteiger charge is -2.29. The zero-order valence-electron chi connectivity index (χ0n) is 17.8. The van der Waals surface area contributed by atoms with E-state index in [1.807, 2.05) is 64.0 Å². The van der Waals surface area contributed by atoms with Crippen LogP contribution in [0.25, 0.3) is 0 Å². The molecule has 158 valence electrons. The molecule has 1 heterocycles. The minimum Gasteiger partial charge on any atom is -0.473 e. The Labute approximate surface area is 176 Å². The van der Waals surface area contributed by atoms with Crippen LogP contribution >= 0.6 is 0 Å². The number of ether oxygens (including phenoxy) is 1. The average molecular weight is 410 g/mol. The third kappa shape index (κ3) is 6.16. The number of hydrogen-bond donors (Lipinski definition) is 0. The van der Waals surface area contributed by atoms with E-state index in [-0.39, 0.29) is 17.2 Å². The molecular weight excluding hydrogens is 384 g/mol. The Kier molecular flexibility index (Phi) is 6.94. The molecule has 0 fully saturated rings. The molecule has 8 nitrogen and oxygen atoms in total. The molecule has 0 aliphatic heterocycles. The fourth-order valence-corrected chi connectivity index (χ4v) is 2.51. The molecule has 0 radical (unpaired) electrons. The van der Waals surface area contributed by atoms with Gasteiger partial charge in [-0.3, -0.25) is 9.69 Å². The van der Waals surface area contributed by atoms with Crippen LogP contribution in [0.3, 0.4) is 0 Å². The highest BCUT2D eigenvalue weighted by Crippen LogP contribution is 2.26. The second kappa shape index (κ2) is 9.21. The van der Waals surface area contributed by atoms with Gasteiger partial charge >= 0.3 is 5.82 Å². The topological polar surface area (TPSA) is 88.8 Å². The first kappa shape index (κ1) is 22.6. The van der Waals surface area contributed by atoms with Gasteiger partial charge in [-0.1, -0.05) is 0 Å². The number of hydrogen-bond acceptors (Lipinski definition) is 7. The van der Waals surface area contributed by atoms with Gasteiger partial charge in [0.1, 0.15) is 5.60 Å². The number of carbonyl (C=O) groups is 1. The van der Waals surface area contributed by atoms with Crippen LogP contribution in [0.1, 0.15) is 31.1 Å². The van der Waals surface area contributed by atoms with Crippen LogP contribution in [-0.2, 0) is 4.74 Å². The largest absolute Gasteiger partial charge is 0.473 e. The zero-order valence-corrected chi connectivity index (χ0v) is 17.8. The fourth-order valence-electron chi connectivity index (χ4n) is 2.51. The average Bonchev–Trinajstić information content (AvgIpc) is 2.67. The van der Waals surface area contributed by atoms with E-state index in [4.69, 9.17) is 4.74 Å². The molecule has 0 saturated carbocycles. The third-order valence-electron chi connectivity index (χ3n) is 3.93. The van der Waals surface area contributed by atoms with Crippen molar-refractivity contribution in [3.63, 3.8) is 0 Å². The van der Waals surface area contributed by atoms with Crippen molar-refractivity contribution in [1.29, 1.82) is 0 Å². The van der Waals surface area contributed by atoms with E-state index in [1.54, 1.807) is 11.1 Å². The van der Waals surface area contributed by atoms with E-state index in [2.05, 4.69) is 11.6 Å². The second-order valence-electron chi connectivity index (χ2n) is 7.73. The predicted molar refractivity (Wildman–Crippen MR) is 118 cm³/mol. The van der Waals surface area contributed by atoms with Crippen molar-refractivity contribution in [2.45, 2.75) is 26.4 Å². The van der Waals surface area contributed by atoms with Gasteiger partial charge in [-0.2, -0.15) is 0 Å². The van der Waals surface area contributed by atoms with E-state index in [1.165, 1.54) is 24.4 Å². The third-order valence-corrected chi connectivity index (χ3v) is 3.93. The van der Waals surface area contributed by atoms with Gasteiger partial charge in [0.15, 0.2) is 17.9 Å². The van der Waals surface area contributed by atoms with Crippen molar-refractivity contribution in [3.05, 3.63) is 83.0 Å². The molecule has 0 unspecified atom stereocenters. The van der Waals surface area contributed by atoms with Crippen molar-refractivity contribution in [2.24, 2.45) is 0 Å². The number of benzene rings is 1. The summed E-state index contributed by atoms with van der Waals surface area (Å²) in [5.74, 6) is -0.313. The molecule has 0 amide bonds. The lowest BCUT2D eigenvalue weighted by Crippen LogP contribution is -2.26. The summed E-state index contributed by atoms with van der Waals surface area (Å²) in [7, 11) is 3.90. The van der Waals surface area contributed by atoms with E-state index in [0.29, 0.717) is 5.88 Å². The number of nitrogens with zero attached hydrogens (tertiary/aromatic N) is 4. The molecule has 0 atom stereocenters. The van der Waals surface area contributed by atoms with Crippen LogP contribution in [0.2, 0.25) is 0 Å². The SMILES string of the molecule is C=C(OC(C)(C)C)N(C=CC(=O)c1ccc([N+](=O)[O-])nc1)c1ccc(N(C)C)cc1. The summed E-state index contributed by atoms with van der Waals surface area (Å²) in [5, 5.41) is 10.7. The number of nitro groups is 1. The van der Waals surface area contributed by atoms with Gasteiger partial charge in [-0.25, -0.2) is 0 Å². The van der Waals surface area contributed by atoms with Crippen molar-refractivity contribution < 1.29 is 14.5 Å². The Balaban J connectivity index is 2.30. The van der Waals surface area contributed by atoms with Crippen LogP contribution in [-0.4, -0.2) is 35.4 Å². The van der Waals surface area contributed by atoms with E-state index in [0.717, 1.165) is 11.4 Å². The van der Waals surface area contributed by atoms with E-state index >= 15 is 0 Å². The molecule has 0 bridgehead atoms. The highest BCUT2D eigenvalue weighted by Gasteiger charge is 2.18. The Bertz CT molecular complexity index is 943. The number of ketones is 1. The van der Waals surface area contributed by atoms with Gasteiger partial charge in [0, 0.05) is 43.8 Å². The Morgan fingerprint density at radius 2 is 1.73 bits per heavy atom. The fraction of sp³-hybridized carbons (Fsp3) is 0.273. The van der Waals surface area contributed by atoms with Crippen LogP contribution in [0, 0.1) is 10.1 Å². The van der Waals surface area contributed by atoms with E-state index < -0.39 is 10.5 Å². The lowest BCUT2D eigenvalue weighted by atomic mass is 10.2. The molecule has 0 spiro atoms. The second-order valence-corrected chi connectivity index (χ2v) is 7.73. The van der Waals surface area contributed by atoms with Crippen molar-refractivity contribution >= 4 is 23.0 Å². The highest BCUT2D eigenvalue weighted by atomic mass is 16.6. The van der Waals surface area contributed by atoms with E-state index in [9.17, 15) is 14.9 Å². The smallest absolute Gasteiger partial charge is 0.363 e. The Morgan fingerprint density at radius 1 is 1.13 bits per heavy atom. The number of allylic oxidation sites excluding steroid dienone is 1. The highest BCUT2D eigenvalue weighted by molar-refractivity contribution is 6.04. The number of rotatable bonds is 8. The van der Waals surface area contributed by atoms with Crippen LogP contribution in [0.4, 0.5) is 17.2 Å². The molecule has 0 saturated heterocycles. The maximum absolute atomic E-state index is 12.5. The molecule has 8 heteroatoms. The van der Waals surface area contributed by atoms with Crippen LogP contribution in [0.15, 0.2) is 67.3 Å². The first-order valence-electron chi connectivity index (χ1n) is 9.25. The normalized spacial score (nSPS) is 11.2. The number of carbonyl (C=O) groups excluding carboxylic acids is 1. The van der Waals surface area contributed by atoms with Crippen molar-refractivity contribution in [2.75, 3.05) is 23.9 Å². The van der Waals surface area contributed by atoms with Gasteiger partial charge in [0.25, 0.3) is 0 Å². The molecule has 1 aromatic heterocycles. The molecule has 2 aromatic rings. The molecule has 0 N–H and O–H groups in total. The minimum absolute atomic E-state index is 0.238. The monoisotopic (exact) mass is 410 g/mol. The Morgan fingerprint density at radius 3 is 2.20 bits per heavy atom. The standard InChI is InChI=1S/C22H26N4O4/c1-16(30-22(2,3)4)25(19-10-8-18(9-11-19)24(5)6)14-13-20(27)17-7-12-21(23-15-17)26(28)29/h7-15H,1H2,2-6H3. The summed E-state index contributed by atoms with van der Waals surface area (Å²) in [5.41, 5.74) is 1.56. The van der Waals surface area contributed by atoms with Gasteiger partial charge in [0.05, 0.1) is 5.56 Å². The van der Waals surface area contributed by atoms with Crippen molar-refractivity contribution in [3.8, 4) is 0 Å². The molecular formula is C22H26N4O4. The number of aromatic nitrogens is 1. The molecule has 2 rings (SSSR count). The summed E-state index contributed by atoms with van der Waals surface area (Å²) >= 11 is 0. The zero-order chi connectivity index (χ0) is 22.5. The van der Waals surface area contributed by atoms with Gasteiger partial charge in [-0.05, 0) is 67.6 Å². The minimum atomic E-state index is -0.614. The molecule has 30 heavy (non-hydrogen) atoms. The first-order valence-corrected chi connectivity index (χ1v) is 9.25. The van der Waals surface area contributed by atoms with Gasteiger partial charge in [0.2, 0.25) is 0 Å². The maximum atomic E-state index is 12.5. The number of anilines is 2. The first-order chi connectivity index (χ1) is 14.0. The maximum Gasteiger partial charge on any atom is 0.363 e.